The molecule has 1 saturated heterocycles. The van der Waals surface area contributed by atoms with Crippen LogP contribution in [-0.2, 0) is 42.2 Å². The number of hydrogen-bond donors (Lipinski definition) is 4. The molecule has 0 unspecified atom stereocenters. The van der Waals surface area contributed by atoms with E-state index in [1.807, 2.05) is 39.8 Å². The second kappa shape index (κ2) is 27.6. The number of aromatic nitrogens is 2. The van der Waals surface area contributed by atoms with Crippen LogP contribution in [0.15, 0.2) is 106 Å². The Morgan fingerprint density at radius 2 is 1.02 bits per heavy atom. The molecule has 0 bridgehead atoms. The lowest BCUT2D eigenvalue weighted by molar-refractivity contribution is 0.00578. The molecule has 1 aliphatic rings. The number of pyridine rings is 2. The fraction of sp³-hybridized carbons (Fsp3) is 0.333. The van der Waals surface area contributed by atoms with E-state index in [1.54, 1.807) is 30.3 Å². The molecule has 26 heteroatoms. The van der Waals surface area contributed by atoms with Crippen molar-refractivity contribution >= 4 is 113 Å². The molecule has 4 N–H and O–H groups in total. The summed E-state index contributed by atoms with van der Waals surface area (Å²) in [5.41, 5.74) is 4.25. The van der Waals surface area contributed by atoms with Gasteiger partial charge in [-0.05, 0) is 150 Å². The van der Waals surface area contributed by atoms with Crippen molar-refractivity contribution in [3.63, 3.8) is 0 Å². The summed E-state index contributed by atoms with van der Waals surface area (Å²) >= 11 is 18.0. The van der Waals surface area contributed by atoms with Gasteiger partial charge in [0, 0.05) is 86.5 Å². The maximum atomic E-state index is 13.6. The zero-order chi connectivity index (χ0) is 63.2. The molecule has 2 amide bonds. The molecule has 0 saturated carbocycles. The molecule has 5 heterocycles. The number of rotatable bonds is 18. The molecule has 86 heavy (non-hydrogen) atoms. The summed E-state index contributed by atoms with van der Waals surface area (Å²) in [4.78, 5) is 34.4. The summed E-state index contributed by atoms with van der Waals surface area (Å²) < 4.78 is 104. The number of unbranched alkanes of at least 4 members (excludes halogenated alkanes) is 2. The Kier molecular flexibility index (Phi) is 21.4. The van der Waals surface area contributed by atoms with Crippen LogP contribution in [0.25, 0.3) is 55.8 Å². The van der Waals surface area contributed by atoms with Gasteiger partial charge in [-0.2, -0.15) is 0 Å². The Morgan fingerprint density at radius 1 is 0.605 bits per heavy atom. The topological polar surface area (TPSA) is 244 Å². The Labute approximate surface area is 514 Å². The van der Waals surface area contributed by atoms with E-state index in [-0.39, 0.29) is 57.9 Å². The Bertz CT molecular complexity index is 4010. The first kappa shape index (κ1) is 66.9. The van der Waals surface area contributed by atoms with Gasteiger partial charge in [0.05, 0.1) is 51.9 Å². The molecule has 1 aliphatic heterocycles. The van der Waals surface area contributed by atoms with E-state index in [2.05, 4.69) is 20.6 Å². The van der Waals surface area contributed by atoms with Gasteiger partial charge in [0.15, 0.2) is 0 Å². The summed E-state index contributed by atoms with van der Waals surface area (Å²) in [5.74, 6) is -1.25. The fourth-order valence-electron chi connectivity index (χ4n) is 9.13. The first-order chi connectivity index (χ1) is 40.4. The Balaban J connectivity index is 0.000000204. The van der Waals surface area contributed by atoms with E-state index < -0.39 is 61.8 Å². The number of nitrogens with one attached hydrogen (secondary N) is 2. The predicted octanol–water partition coefficient (Wildman–Crippen LogP) is 11.0. The molecule has 4 aromatic heterocycles. The van der Waals surface area contributed by atoms with E-state index in [0.29, 0.717) is 67.5 Å². The fourth-order valence-corrected chi connectivity index (χ4v) is 10.8. The first-order valence-electron chi connectivity index (χ1n) is 27.0. The average Bonchev–Trinajstić information content (AvgIpc) is 1.60. The minimum Gasteiger partial charge on any atom is -0.455 e. The second-order valence-electron chi connectivity index (χ2n) is 21.2. The van der Waals surface area contributed by atoms with Crippen LogP contribution >= 0.6 is 34.8 Å². The lowest BCUT2D eigenvalue weighted by Crippen LogP contribution is -2.41. The molecular weight excluding hydrogens is 1220 g/mol. The van der Waals surface area contributed by atoms with Crippen molar-refractivity contribution in [3.05, 3.63) is 146 Å². The normalized spacial score (nSPS) is 13.7. The SMILES string of the molecule is CNC(=O)c1c(-c2ccc(F)cc2)oc2cc(N(C)S(C)(=O)=O)c(-c3ccc(CCCCO)c(Cl)n3)cc12.CNC(=O)c1c(-c2ccc(F)cc2)oc2cc(N(C)S(C)(=O)=O)c(B3OC(C)(C)C(C)(C)O3)cc12.OCCCCc1ccc(Cl)nc1Cl. The van der Waals surface area contributed by atoms with Crippen LogP contribution < -0.4 is 24.7 Å². The van der Waals surface area contributed by atoms with Gasteiger partial charge < -0.3 is 39.0 Å². The average molecular weight is 1280 g/mol. The number of carbonyl (C=O) groups excluding carboxylic acids is 2. The van der Waals surface area contributed by atoms with Gasteiger partial charge in [-0.3, -0.25) is 18.2 Å². The highest BCUT2D eigenvalue weighted by atomic mass is 35.5. The second-order valence-corrected chi connectivity index (χ2v) is 26.3. The van der Waals surface area contributed by atoms with Gasteiger partial charge >= 0.3 is 7.12 Å². The van der Waals surface area contributed by atoms with Gasteiger partial charge in [-0.15, -0.1) is 0 Å². The molecule has 18 nitrogen and oxygen atoms in total. The van der Waals surface area contributed by atoms with E-state index in [0.717, 1.165) is 57.9 Å². The standard InChI is InChI=1S/C27H27ClFN3O5S.C24H28BFN2O6S.C9H11Cl2NO/c1-30-27(34)24-20-14-19(21-12-9-17(26(28)31-21)6-4-5-13-33)22(32(2)38(3,35)36)15-23(20)37-25(24)16-7-10-18(29)11-8-16;1-23(2)24(3,4)34-25(33-23)17-12-16-19(13-18(17)28(6)35(7,30)31)32-21(20(16)22(29)27-5)14-8-10-15(26)11-9-14;10-8-5-4-7(9(11)12-8)3-1-2-6-13/h7-12,14-15,33H,4-6,13H2,1-3H3,(H,30,34);8-13H,1-7H3,(H,27,29);4-5,13H,1-3,6H2. The van der Waals surface area contributed by atoms with Crippen molar-refractivity contribution in [2.75, 3.05) is 62.5 Å². The third-order valence-electron chi connectivity index (χ3n) is 14.7. The molecule has 8 aromatic rings. The molecule has 4 aromatic carbocycles. The van der Waals surface area contributed by atoms with Crippen molar-refractivity contribution < 1.29 is 63.6 Å². The van der Waals surface area contributed by atoms with E-state index in [9.17, 15) is 35.2 Å². The predicted molar refractivity (Wildman–Crippen MR) is 335 cm³/mol. The number of furan rings is 2. The minimum absolute atomic E-state index is 0.0859. The highest BCUT2D eigenvalue weighted by molar-refractivity contribution is 7.92. The molecule has 0 radical (unpaired) electrons. The largest absolute Gasteiger partial charge is 0.497 e. The van der Waals surface area contributed by atoms with Gasteiger partial charge in [0.2, 0.25) is 20.0 Å². The van der Waals surface area contributed by atoms with Gasteiger partial charge in [0.1, 0.15) is 49.8 Å². The van der Waals surface area contributed by atoms with Gasteiger partial charge in [-0.25, -0.2) is 35.6 Å². The lowest BCUT2D eigenvalue weighted by atomic mass is 9.77. The zero-order valence-corrected chi connectivity index (χ0v) is 52.8. The van der Waals surface area contributed by atoms with Crippen molar-refractivity contribution in [1.82, 2.24) is 20.6 Å². The lowest BCUT2D eigenvalue weighted by Gasteiger charge is -2.32. The highest BCUT2D eigenvalue weighted by Gasteiger charge is 2.53. The number of nitrogens with zero attached hydrogens (tertiary/aromatic N) is 4. The summed E-state index contributed by atoms with van der Waals surface area (Å²) in [7, 11) is -2.42. The van der Waals surface area contributed by atoms with E-state index in [4.69, 9.17) is 63.2 Å². The molecule has 0 spiro atoms. The number of aliphatic hydroxyl groups excluding tert-OH is 2. The number of amides is 2. The molecule has 0 aliphatic carbocycles. The van der Waals surface area contributed by atoms with Crippen molar-refractivity contribution in [2.24, 2.45) is 0 Å². The summed E-state index contributed by atoms with van der Waals surface area (Å²) in [6.45, 7) is 7.89. The van der Waals surface area contributed by atoms with Crippen LogP contribution in [0.2, 0.25) is 15.5 Å². The Hall–Kier alpha value is -6.67. The molecule has 0 atom stereocenters. The third kappa shape index (κ3) is 15.2. The van der Waals surface area contributed by atoms with Crippen LogP contribution in [0, 0.1) is 11.6 Å². The summed E-state index contributed by atoms with van der Waals surface area (Å²) in [6.07, 6.45) is 6.72. The number of fused-ring (bicyclic) bond motifs is 2. The quantitative estimate of drug-likeness (QED) is 0.0355. The number of hydrogen-bond acceptors (Lipinski definition) is 14. The smallest absolute Gasteiger partial charge is 0.455 e. The monoisotopic (exact) mass is 1280 g/mol. The van der Waals surface area contributed by atoms with E-state index >= 15 is 0 Å². The third-order valence-corrected chi connectivity index (χ3v) is 18.0. The van der Waals surface area contributed by atoms with Crippen molar-refractivity contribution in [1.29, 1.82) is 0 Å². The van der Waals surface area contributed by atoms with Crippen LogP contribution in [-0.4, -0.2) is 121 Å². The maximum absolute atomic E-state index is 13.6. The first-order valence-corrected chi connectivity index (χ1v) is 31.9. The van der Waals surface area contributed by atoms with Crippen molar-refractivity contribution in [2.45, 2.75) is 77.4 Å². The van der Waals surface area contributed by atoms with Crippen LogP contribution in [0.4, 0.5) is 20.2 Å². The maximum Gasteiger partial charge on any atom is 0.497 e. The van der Waals surface area contributed by atoms with Crippen LogP contribution in [0.5, 0.6) is 0 Å². The molecular formula is C60H66BCl3F2N6O12S2. The number of carbonyl (C=O) groups is 2. The van der Waals surface area contributed by atoms with E-state index in [1.165, 1.54) is 82.8 Å². The number of aryl methyl sites for hydroxylation is 2. The number of anilines is 2. The minimum atomic E-state index is -3.68. The Morgan fingerprint density at radius 3 is 1.44 bits per heavy atom. The molecule has 1 fully saturated rings. The molecule has 458 valence electrons. The summed E-state index contributed by atoms with van der Waals surface area (Å²) in [6, 6.07) is 24.6. The van der Waals surface area contributed by atoms with Crippen LogP contribution in [0.1, 0.15) is 85.2 Å². The van der Waals surface area contributed by atoms with Gasteiger partial charge in [-0.1, -0.05) is 46.9 Å². The number of sulfonamides is 2. The number of halogens is 5. The molecule has 9 rings (SSSR count). The van der Waals surface area contributed by atoms with Gasteiger partial charge in [0.25, 0.3) is 11.8 Å². The van der Waals surface area contributed by atoms with Crippen LogP contribution in [0.3, 0.4) is 0 Å². The van der Waals surface area contributed by atoms with Crippen molar-refractivity contribution in [3.8, 4) is 33.9 Å². The number of benzene rings is 4. The number of aliphatic hydroxyl groups is 2. The highest BCUT2D eigenvalue weighted by Crippen LogP contribution is 2.43. The zero-order valence-electron chi connectivity index (χ0n) is 48.9. The summed E-state index contributed by atoms with van der Waals surface area (Å²) in [5, 5.41) is 24.9.